The molecule has 1 unspecified atom stereocenters. The third-order valence-corrected chi connectivity index (χ3v) is 4.57. The van der Waals surface area contributed by atoms with Crippen LogP contribution in [0.5, 0.6) is 0 Å². The van der Waals surface area contributed by atoms with E-state index in [2.05, 4.69) is 14.9 Å². The monoisotopic (exact) mass is 288 g/mol. The smallest absolute Gasteiger partial charge is 0.410 e. The number of aryl methyl sites for hydroxylation is 2. The van der Waals surface area contributed by atoms with Gasteiger partial charge < -0.3 is 9.64 Å². The van der Waals surface area contributed by atoms with Gasteiger partial charge in [0.25, 0.3) is 0 Å². The van der Waals surface area contributed by atoms with Crippen LogP contribution in [0.15, 0.2) is 4.90 Å². The molecule has 0 saturated carbocycles. The summed E-state index contributed by atoms with van der Waals surface area (Å²) < 4.78 is 31.7. The molecule has 1 atom stereocenters. The number of aromatic amines is 1. The third kappa shape index (κ3) is 2.71. The number of H-pyrrole nitrogens is 1. The van der Waals surface area contributed by atoms with E-state index in [0.717, 1.165) is 0 Å². The lowest BCUT2D eigenvalue weighted by Gasteiger charge is -2.10. The highest BCUT2D eigenvalue weighted by Crippen LogP contribution is 2.16. The normalized spacial score (nSPS) is 19.8. The maximum atomic E-state index is 12.1. The number of nitrogens with one attached hydrogen (secondary N) is 2. The van der Waals surface area contributed by atoms with Crippen LogP contribution in [0.25, 0.3) is 0 Å². The number of rotatable bonds is 4. The van der Waals surface area contributed by atoms with E-state index in [4.69, 9.17) is 4.74 Å². The summed E-state index contributed by atoms with van der Waals surface area (Å²) in [4.78, 5) is 12.7. The summed E-state index contributed by atoms with van der Waals surface area (Å²) in [6.07, 6.45) is -0.917. The Morgan fingerprint density at radius 1 is 1.53 bits per heavy atom. The fraction of sp³-hybridized carbons (Fsp3) is 0.600. The molecule has 8 nitrogen and oxygen atoms in total. The molecule has 106 valence electrons. The number of ether oxygens (including phenoxy) is 1. The molecular formula is C10H16N4O4S. The molecule has 19 heavy (non-hydrogen) atoms. The van der Waals surface area contributed by atoms with Crippen LogP contribution in [0, 0.1) is 13.8 Å². The summed E-state index contributed by atoms with van der Waals surface area (Å²) in [7, 11) is -2.06. The first-order valence-electron chi connectivity index (χ1n) is 5.74. The third-order valence-electron chi connectivity index (χ3n) is 2.89. The molecule has 2 N–H and O–H groups in total. The van der Waals surface area contributed by atoms with Gasteiger partial charge in [-0.2, -0.15) is 5.10 Å². The topological polar surface area (TPSA) is 104 Å². The number of likely N-dealkylation sites (N-methyl/N-ethyl adjacent to an activating group) is 1. The number of carbonyl (C=O) groups excluding carboxylic acids is 1. The van der Waals surface area contributed by atoms with E-state index in [-0.39, 0.29) is 11.4 Å². The highest BCUT2D eigenvalue weighted by Gasteiger charge is 2.30. The second kappa shape index (κ2) is 4.82. The van der Waals surface area contributed by atoms with E-state index < -0.39 is 22.2 Å². The van der Waals surface area contributed by atoms with E-state index in [0.29, 0.717) is 17.9 Å². The Kier molecular flexibility index (Phi) is 3.50. The van der Waals surface area contributed by atoms with E-state index in [1.165, 1.54) is 4.90 Å². The van der Waals surface area contributed by atoms with Crippen LogP contribution >= 0.6 is 0 Å². The van der Waals surface area contributed by atoms with Crippen LogP contribution in [0.4, 0.5) is 4.79 Å². The van der Waals surface area contributed by atoms with Crippen molar-refractivity contribution < 1.29 is 17.9 Å². The van der Waals surface area contributed by atoms with Crippen molar-refractivity contribution in [3.63, 3.8) is 0 Å². The molecule has 1 fully saturated rings. The molecule has 9 heteroatoms. The number of nitrogens with zero attached hydrogens (tertiary/aromatic N) is 2. The lowest BCUT2D eigenvalue weighted by Crippen LogP contribution is -2.34. The molecule has 1 saturated heterocycles. The summed E-state index contributed by atoms with van der Waals surface area (Å²) in [6.45, 7) is 3.66. The first kappa shape index (κ1) is 13.8. The zero-order valence-electron chi connectivity index (χ0n) is 10.9. The summed E-state index contributed by atoms with van der Waals surface area (Å²) >= 11 is 0. The van der Waals surface area contributed by atoms with Crippen molar-refractivity contribution in [1.82, 2.24) is 19.8 Å². The quantitative estimate of drug-likeness (QED) is 0.795. The Balaban J connectivity index is 2.05. The molecule has 0 bridgehead atoms. The maximum absolute atomic E-state index is 12.1. The van der Waals surface area contributed by atoms with E-state index in [1.807, 2.05) is 0 Å². The van der Waals surface area contributed by atoms with Gasteiger partial charge in [-0.05, 0) is 13.8 Å². The van der Waals surface area contributed by atoms with Gasteiger partial charge in [0.15, 0.2) is 0 Å². The molecule has 0 spiro atoms. The van der Waals surface area contributed by atoms with Gasteiger partial charge in [-0.25, -0.2) is 17.9 Å². The molecule has 2 rings (SSSR count). The van der Waals surface area contributed by atoms with Crippen LogP contribution in [0.3, 0.4) is 0 Å². The lowest BCUT2D eigenvalue weighted by molar-refractivity contribution is 0.135. The molecule has 2 heterocycles. The Hall–Kier alpha value is -1.61. The molecule has 1 aromatic rings. The van der Waals surface area contributed by atoms with Crippen molar-refractivity contribution in [2.24, 2.45) is 0 Å². The minimum absolute atomic E-state index is 0.0441. The first-order chi connectivity index (χ1) is 8.81. The minimum atomic E-state index is -3.65. The van der Waals surface area contributed by atoms with Crippen LogP contribution in [0.1, 0.15) is 11.4 Å². The number of cyclic esters (lactones) is 1. The predicted molar refractivity (Wildman–Crippen MR) is 66.1 cm³/mol. The Morgan fingerprint density at radius 3 is 2.68 bits per heavy atom. The molecule has 0 aromatic carbocycles. The fourth-order valence-electron chi connectivity index (χ4n) is 1.97. The Morgan fingerprint density at radius 2 is 2.21 bits per heavy atom. The lowest BCUT2D eigenvalue weighted by atomic mass is 10.4. The summed E-state index contributed by atoms with van der Waals surface area (Å²) in [5.74, 6) is 0. The standard InChI is InChI=1S/C10H16N4O4S/c1-6-9(7(2)13-12-6)19(16,17)11-4-8-5-14(3)10(15)18-8/h8,11H,4-5H2,1-3H3,(H,12,13). The van der Waals surface area contributed by atoms with Gasteiger partial charge >= 0.3 is 6.09 Å². The van der Waals surface area contributed by atoms with E-state index in [9.17, 15) is 13.2 Å². The average Bonchev–Trinajstić information content (AvgIpc) is 2.81. The van der Waals surface area contributed by atoms with E-state index in [1.54, 1.807) is 20.9 Å². The van der Waals surface area contributed by atoms with Crippen LogP contribution in [-0.2, 0) is 14.8 Å². The average molecular weight is 288 g/mol. The van der Waals surface area contributed by atoms with Crippen molar-refractivity contribution in [3.8, 4) is 0 Å². The van der Waals surface area contributed by atoms with Crippen molar-refractivity contribution in [2.75, 3.05) is 20.1 Å². The van der Waals surface area contributed by atoms with Crippen molar-refractivity contribution >= 4 is 16.1 Å². The number of hydrogen-bond donors (Lipinski definition) is 2. The van der Waals surface area contributed by atoms with Gasteiger partial charge in [0.05, 0.1) is 17.9 Å². The van der Waals surface area contributed by atoms with Crippen LogP contribution in [-0.4, -0.2) is 55.8 Å². The van der Waals surface area contributed by atoms with Crippen LogP contribution < -0.4 is 4.72 Å². The van der Waals surface area contributed by atoms with Gasteiger partial charge in [0.2, 0.25) is 10.0 Å². The minimum Gasteiger partial charge on any atom is -0.443 e. The van der Waals surface area contributed by atoms with Gasteiger partial charge in [-0.1, -0.05) is 0 Å². The molecule has 1 amide bonds. The molecule has 1 aliphatic heterocycles. The summed E-state index contributed by atoms with van der Waals surface area (Å²) in [6, 6.07) is 0. The molecule has 0 radical (unpaired) electrons. The largest absolute Gasteiger partial charge is 0.443 e. The van der Waals surface area contributed by atoms with Crippen molar-refractivity contribution in [1.29, 1.82) is 0 Å². The number of carbonyl (C=O) groups is 1. The van der Waals surface area contributed by atoms with Crippen molar-refractivity contribution in [3.05, 3.63) is 11.4 Å². The SMILES string of the molecule is Cc1n[nH]c(C)c1S(=O)(=O)NCC1CN(C)C(=O)O1. The first-order valence-corrected chi connectivity index (χ1v) is 7.22. The number of sulfonamides is 1. The Bertz CT molecular complexity index is 575. The van der Waals surface area contributed by atoms with Gasteiger partial charge in [-0.3, -0.25) is 5.10 Å². The zero-order chi connectivity index (χ0) is 14.2. The highest BCUT2D eigenvalue weighted by atomic mass is 32.2. The molecular weight excluding hydrogens is 272 g/mol. The van der Waals surface area contributed by atoms with Gasteiger partial charge in [0.1, 0.15) is 11.0 Å². The Labute approximate surface area is 111 Å². The second-order valence-electron chi connectivity index (χ2n) is 4.50. The van der Waals surface area contributed by atoms with Crippen LogP contribution in [0.2, 0.25) is 0 Å². The highest BCUT2D eigenvalue weighted by molar-refractivity contribution is 7.89. The van der Waals surface area contributed by atoms with Crippen molar-refractivity contribution in [2.45, 2.75) is 24.8 Å². The summed E-state index contributed by atoms with van der Waals surface area (Å²) in [5.41, 5.74) is 0.885. The van der Waals surface area contributed by atoms with Gasteiger partial charge in [0, 0.05) is 13.6 Å². The molecule has 1 aliphatic rings. The molecule has 1 aromatic heterocycles. The predicted octanol–water partition coefficient (Wildman–Crippen LogP) is -0.245. The number of amides is 1. The number of aromatic nitrogens is 2. The maximum Gasteiger partial charge on any atom is 0.410 e. The summed E-state index contributed by atoms with van der Waals surface area (Å²) in [5, 5.41) is 6.47. The zero-order valence-corrected chi connectivity index (χ0v) is 11.7. The van der Waals surface area contributed by atoms with Gasteiger partial charge in [-0.15, -0.1) is 0 Å². The van der Waals surface area contributed by atoms with E-state index >= 15 is 0 Å². The molecule has 0 aliphatic carbocycles. The fourth-order valence-corrected chi connectivity index (χ4v) is 3.40. The second-order valence-corrected chi connectivity index (χ2v) is 6.21. The number of hydrogen-bond acceptors (Lipinski definition) is 5.